The SMILES string of the molecule is Cc1nnc(SCc2cc(=O)[nH]c(/N=C(\N)Nc3cccc4ccccc34)n2)s1. The number of aromatic nitrogens is 4. The number of nitrogens with zero attached hydrogens (tertiary/aromatic N) is 4. The highest BCUT2D eigenvalue weighted by Gasteiger charge is 2.07. The molecule has 0 spiro atoms. The van der Waals surface area contributed by atoms with Gasteiger partial charge in [-0.25, -0.2) is 4.98 Å². The first-order valence-corrected chi connectivity index (χ1v) is 10.5. The van der Waals surface area contributed by atoms with Crippen LogP contribution in [0.1, 0.15) is 10.7 Å². The second-order valence-corrected chi connectivity index (χ2v) is 8.49. The highest BCUT2D eigenvalue weighted by atomic mass is 32.2. The van der Waals surface area contributed by atoms with Crippen LogP contribution < -0.4 is 16.6 Å². The van der Waals surface area contributed by atoms with Crippen molar-refractivity contribution in [3.05, 3.63) is 69.6 Å². The van der Waals surface area contributed by atoms with Gasteiger partial charge in [0.2, 0.25) is 11.9 Å². The van der Waals surface area contributed by atoms with Crippen molar-refractivity contribution in [3.8, 4) is 0 Å². The first kappa shape index (κ1) is 19.1. The lowest BCUT2D eigenvalue weighted by atomic mass is 10.1. The number of fused-ring (bicyclic) bond motifs is 1. The number of guanidine groups is 1. The standard InChI is InChI=1S/C19H17N7OS2/c1-11-25-26-19(29-11)28-10-13-9-16(27)23-18(21-13)24-17(20)22-15-8-4-6-12-5-2-3-7-14(12)15/h2-9H,10H2,1H3,(H4,20,21,22,23,24,27). The van der Waals surface area contributed by atoms with Crippen molar-refractivity contribution in [3.63, 3.8) is 0 Å². The summed E-state index contributed by atoms with van der Waals surface area (Å²) in [6, 6.07) is 15.3. The van der Waals surface area contributed by atoms with Crippen LogP contribution >= 0.6 is 23.1 Å². The van der Waals surface area contributed by atoms with E-state index >= 15 is 0 Å². The van der Waals surface area contributed by atoms with Gasteiger partial charge >= 0.3 is 0 Å². The molecule has 2 aromatic carbocycles. The van der Waals surface area contributed by atoms with E-state index in [9.17, 15) is 4.79 Å². The molecule has 0 radical (unpaired) electrons. The molecule has 4 N–H and O–H groups in total. The van der Waals surface area contributed by atoms with Gasteiger partial charge in [-0.05, 0) is 18.4 Å². The third kappa shape index (κ3) is 4.79. The average molecular weight is 424 g/mol. The lowest BCUT2D eigenvalue weighted by Crippen LogP contribution is -2.22. The van der Waals surface area contributed by atoms with Gasteiger partial charge < -0.3 is 11.1 Å². The Morgan fingerprint density at radius 3 is 2.90 bits per heavy atom. The van der Waals surface area contributed by atoms with Gasteiger partial charge in [0.25, 0.3) is 5.56 Å². The predicted molar refractivity (Wildman–Crippen MR) is 118 cm³/mol. The summed E-state index contributed by atoms with van der Waals surface area (Å²) in [7, 11) is 0. The third-order valence-electron chi connectivity index (χ3n) is 3.91. The number of rotatable bonds is 5. The van der Waals surface area contributed by atoms with E-state index < -0.39 is 0 Å². The molecular formula is C19H17N7OS2. The number of hydrogen-bond acceptors (Lipinski definition) is 7. The molecule has 0 aliphatic carbocycles. The van der Waals surface area contributed by atoms with Gasteiger partial charge in [-0.1, -0.05) is 59.5 Å². The normalized spacial score (nSPS) is 11.7. The fraction of sp³-hybridized carbons (Fsp3) is 0.105. The van der Waals surface area contributed by atoms with Crippen LogP contribution in [0.4, 0.5) is 11.6 Å². The van der Waals surface area contributed by atoms with E-state index in [4.69, 9.17) is 5.73 Å². The summed E-state index contributed by atoms with van der Waals surface area (Å²) in [5, 5.41) is 14.1. The minimum absolute atomic E-state index is 0.133. The number of benzene rings is 2. The fourth-order valence-electron chi connectivity index (χ4n) is 2.71. The molecule has 0 aliphatic heterocycles. The van der Waals surface area contributed by atoms with Gasteiger partial charge in [-0.3, -0.25) is 9.78 Å². The van der Waals surface area contributed by atoms with Crippen molar-refractivity contribution in [2.24, 2.45) is 10.7 Å². The molecule has 2 aromatic heterocycles. The smallest absolute Gasteiger partial charge is 0.252 e. The van der Waals surface area contributed by atoms with Crippen molar-refractivity contribution >= 4 is 51.5 Å². The monoisotopic (exact) mass is 423 g/mol. The number of anilines is 1. The van der Waals surface area contributed by atoms with Crippen molar-refractivity contribution < 1.29 is 0 Å². The highest BCUT2D eigenvalue weighted by Crippen LogP contribution is 2.25. The summed E-state index contributed by atoms with van der Waals surface area (Å²) < 4.78 is 0.826. The molecule has 8 nitrogen and oxygen atoms in total. The topological polar surface area (TPSA) is 122 Å². The lowest BCUT2D eigenvalue weighted by Gasteiger charge is -2.09. The summed E-state index contributed by atoms with van der Waals surface area (Å²) >= 11 is 2.97. The van der Waals surface area contributed by atoms with Crippen LogP contribution in [0.15, 0.2) is 62.7 Å². The second-order valence-electron chi connectivity index (χ2n) is 6.08. The Bertz CT molecular complexity index is 1240. The molecule has 146 valence electrons. The van der Waals surface area contributed by atoms with Crippen molar-refractivity contribution in [1.29, 1.82) is 0 Å². The molecule has 0 saturated heterocycles. The molecule has 0 saturated carbocycles. The summed E-state index contributed by atoms with van der Waals surface area (Å²) in [4.78, 5) is 23.2. The molecule has 4 aromatic rings. The third-order valence-corrected chi connectivity index (χ3v) is 5.92. The first-order chi connectivity index (χ1) is 14.1. The Morgan fingerprint density at radius 2 is 2.07 bits per heavy atom. The Morgan fingerprint density at radius 1 is 1.24 bits per heavy atom. The van der Waals surface area contributed by atoms with Gasteiger partial charge in [0.15, 0.2) is 4.34 Å². The van der Waals surface area contributed by atoms with E-state index in [2.05, 4.69) is 30.5 Å². The number of nitrogens with one attached hydrogen (secondary N) is 2. The highest BCUT2D eigenvalue weighted by molar-refractivity contribution is 8.00. The Kier molecular flexibility index (Phi) is 5.54. The van der Waals surface area contributed by atoms with Crippen LogP contribution in [-0.2, 0) is 5.75 Å². The molecule has 0 atom stereocenters. The molecule has 0 bridgehead atoms. The molecule has 0 aliphatic rings. The van der Waals surface area contributed by atoms with E-state index in [0.29, 0.717) is 11.4 Å². The van der Waals surface area contributed by atoms with Crippen LogP contribution in [0.5, 0.6) is 0 Å². The van der Waals surface area contributed by atoms with E-state index in [1.54, 1.807) is 0 Å². The van der Waals surface area contributed by atoms with Gasteiger partial charge in [-0.2, -0.15) is 4.99 Å². The molecule has 2 heterocycles. The number of hydrogen-bond donors (Lipinski definition) is 3. The maximum Gasteiger partial charge on any atom is 0.252 e. The molecular weight excluding hydrogens is 406 g/mol. The van der Waals surface area contributed by atoms with Crippen LogP contribution in [0.25, 0.3) is 10.8 Å². The predicted octanol–water partition coefficient (Wildman–Crippen LogP) is 3.43. The zero-order valence-corrected chi connectivity index (χ0v) is 17.0. The number of aromatic amines is 1. The van der Waals surface area contributed by atoms with Crippen LogP contribution in [0.3, 0.4) is 0 Å². The number of aryl methyl sites for hydroxylation is 1. The average Bonchev–Trinajstić information content (AvgIpc) is 3.11. The summed E-state index contributed by atoms with van der Waals surface area (Å²) in [6.07, 6.45) is 0. The van der Waals surface area contributed by atoms with Crippen molar-refractivity contribution in [2.75, 3.05) is 5.32 Å². The summed E-state index contributed by atoms with van der Waals surface area (Å²) in [5.74, 6) is 0.762. The molecule has 0 amide bonds. The Balaban J connectivity index is 1.53. The van der Waals surface area contributed by atoms with E-state index in [1.807, 2.05) is 49.4 Å². The van der Waals surface area contributed by atoms with Crippen LogP contribution in [0.2, 0.25) is 0 Å². The zero-order chi connectivity index (χ0) is 20.2. The molecule has 29 heavy (non-hydrogen) atoms. The molecule has 4 rings (SSSR count). The second kappa shape index (κ2) is 8.41. The van der Waals surface area contributed by atoms with Crippen LogP contribution in [-0.4, -0.2) is 26.1 Å². The van der Waals surface area contributed by atoms with E-state index in [1.165, 1.54) is 29.2 Å². The largest absolute Gasteiger partial charge is 0.369 e. The van der Waals surface area contributed by atoms with Gasteiger partial charge in [-0.15, -0.1) is 10.2 Å². The number of aliphatic imine (C=N–C) groups is 1. The number of nitrogens with two attached hydrogens (primary N) is 1. The van der Waals surface area contributed by atoms with Gasteiger partial charge in [0.05, 0.1) is 5.69 Å². The van der Waals surface area contributed by atoms with Gasteiger partial charge in [0.1, 0.15) is 5.01 Å². The fourth-order valence-corrected chi connectivity index (χ4v) is 4.42. The summed E-state index contributed by atoms with van der Waals surface area (Å²) in [5.41, 5.74) is 7.17. The van der Waals surface area contributed by atoms with Crippen molar-refractivity contribution in [2.45, 2.75) is 17.0 Å². The quantitative estimate of drug-likeness (QED) is 0.255. The van der Waals surface area contributed by atoms with E-state index in [0.717, 1.165) is 25.8 Å². The van der Waals surface area contributed by atoms with Crippen molar-refractivity contribution in [1.82, 2.24) is 20.2 Å². The molecule has 10 heteroatoms. The van der Waals surface area contributed by atoms with E-state index in [-0.39, 0.29) is 17.5 Å². The maximum atomic E-state index is 12.0. The first-order valence-electron chi connectivity index (χ1n) is 8.69. The molecule has 0 fully saturated rings. The Hall–Kier alpha value is -3.24. The number of thioether (sulfide) groups is 1. The molecule has 0 unspecified atom stereocenters. The van der Waals surface area contributed by atoms with Crippen LogP contribution in [0, 0.1) is 6.92 Å². The minimum Gasteiger partial charge on any atom is -0.369 e. The minimum atomic E-state index is -0.291. The maximum absolute atomic E-state index is 12.0. The number of H-pyrrole nitrogens is 1. The summed E-state index contributed by atoms with van der Waals surface area (Å²) in [6.45, 7) is 1.89. The Labute approximate surface area is 174 Å². The lowest BCUT2D eigenvalue weighted by molar-refractivity contribution is 0.981. The van der Waals surface area contributed by atoms with Gasteiger partial charge in [0, 0.05) is 22.9 Å². The zero-order valence-electron chi connectivity index (χ0n) is 15.4.